The van der Waals surface area contributed by atoms with Crippen LogP contribution in [0.2, 0.25) is 0 Å². The van der Waals surface area contributed by atoms with E-state index in [1.54, 1.807) is 7.05 Å². The second kappa shape index (κ2) is 4.91. The first-order valence-electron chi connectivity index (χ1n) is 5.73. The lowest BCUT2D eigenvalue weighted by atomic mass is 10.1. The fourth-order valence-electron chi connectivity index (χ4n) is 1.88. The molecule has 1 aromatic heterocycles. The zero-order chi connectivity index (χ0) is 13.1. The SMILES string of the molecule is CNc1ncnc(Nc2cc(C)cc(C)c2)c1N. The molecule has 4 N–H and O–H groups in total. The van der Waals surface area contributed by atoms with E-state index in [0.717, 1.165) is 5.69 Å². The summed E-state index contributed by atoms with van der Waals surface area (Å²) in [6, 6.07) is 6.22. The van der Waals surface area contributed by atoms with Crippen LogP contribution in [0.5, 0.6) is 0 Å². The Morgan fingerprint density at radius 2 is 1.61 bits per heavy atom. The molecule has 0 spiro atoms. The number of hydrogen-bond donors (Lipinski definition) is 3. The minimum absolute atomic E-state index is 0.513. The second-order valence-corrected chi connectivity index (χ2v) is 4.24. The summed E-state index contributed by atoms with van der Waals surface area (Å²) >= 11 is 0. The molecule has 0 unspecified atom stereocenters. The molecule has 5 heteroatoms. The molecule has 2 rings (SSSR count). The van der Waals surface area contributed by atoms with Crippen LogP contribution in [0.4, 0.5) is 23.0 Å². The average molecular weight is 243 g/mol. The van der Waals surface area contributed by atoms with E-state index in [0.29, 0.717) is 17.3 Å². The summed E-state index contributed by atoms with van der Waals surface area (Å²) in [5.74, 6) is 1.23. The van der Waals surface area contributed by atoms with Crippen molar-refractivity contribution in [2.24, 2.45) is 0 Å². The maximum Gasteiger partial charge on any atom is 0.159 e. The molecule has 0 bridgehead atoms. The first kappa shape index (κ1) is 12.2. The van der Waals surface area contributed by atoms with Crippen LogP contribution in [0, 0.1) is 13.8 Å². The largest absolute Gasteiger partial charge is 0.393 e. The van der Waals surface area contributed by atoms with Crippen molar-refractivity contribution in [3.8, 4) is 0 Å². The van der Waals surface area contributed by atoms with E-state index >= 15 is 0 Å². The van der Waals surface area contributed by atoms with Crippen molar-refractivity contribution in [2.45, 2.75) is 13.8 Å². The van der Waals surface area contributed by atoms with Crippen LogP contribution < -0.4 is 16.4 Å². The molecule has 0 amide bonds. The van der Waals surface area contributed by atoms with E-state index in [-0.39, 0.29) is 0 Å². The molecule has 0 aliphatic heterocycles. The second-order valence-electron chi connectivity index (χ2n) is 4.24. The van der Waals surface area contributed by atoms with Crippen LogP contribution in [0.25, 0.3) is 0 Å². The minimum Gasteiger partial charge on any atom is -0.393 e. The molecule has 1 heterocycles. The van der Waals surface area contributed by atoms with Gasteiger partial charge in [-0.25, -0.2) is 9.97 Å². The third-order valence-electron chi connectivity index (χ3n) is 2.61. The molecule has 0 aliphatic rings. The van der Waals surface area contributed by atoms with E-state index in [1.165, 1.54) is 17.5 Å². The van der Waals surface area contributed by atoms with Crippen molar-refractivity contribution in [3.63, 3.8) is 0 Å². The van der Waals surface area contributed by atoms with Crippen molar-refractivity contribution in [1.82, 2.24) is 9.97 Å². The van der Waals surface area contributed by atoms with Gasteiger partial charge in [-0.1, -0.05) is 6.07 Å². The number of nitrogen functional groups attached to an aromatic ring is 1. The summed E-state index contributed by atoms with van der Waals surface area (Å²) in [7, 11) is 1.78. The standard InChI is InChI=1S/C13H17N5/c1-8-4-9(2)6-10(5-8)18-13-11(14)12(15-3)16-7-17-13/h4-7H,14H2,1-3H3,(H2,15,16,17,18). The van der Waals surface area contributed by atoms with Crippen molar-refractivity contribution < 1.29 is 0 Å². The lowest BCUT2D eigenvalue weighted by Crippen LogP contribution is -2.05. The Hall–Kier alpha value is -2.30. The van der Waals surface area contributed by atoms with Crippen LogP contribution in [0.1, 0.15) is 11.1 Å². The summed E-state index contributed by atoms with van der Waals surface area (Å²) < 4.78 is 0. The van der Waals surface area contributed by atoms with Crippen LogP contribution in [0.3, 0.4) is 0 Å². The first-order valence-corrected chi connectivity index (χ1v) is 5.73. The molecular weight excluding hydrogens is 226 g/mol. The molecule has 1 aromatic carbocycles. The van der Waals surface area contributed by atoms with Gasteiger partial charge in [0.1, 0.15) is 12.0 Å². The lowest BCUT2D eigenvalue weighted by Gasteiger charge is -2.11. The topological polar surface area (TPSA) is 75.9 Å². The highest BCUT2D eigenvalue weighted by Gasteiger charge is 2.07. The van der Waals surface area contributed by atoms with Gasteiger partial charge in [-0.3, -0.25) is 0 Å². The highest BCUT2D eigenvalue weighted by atomic mass is 15.1. The smallest absolute Gasteiger partial charge is 0.159 e. The number of nitrogens with zero attached hydrogens (tertiary/aromatic N) is 2. The van der Waals surface area contributed by atoms with Gasteiger partial charge in [-0.15, -0.1) is 0 Å². The summed E-state index contributed by atoms with van der Waals surface area (Å²) in [6.45, 7) is 4.11. The summed E-state index contributed by atoms with van der Waals surface area (Å²) in [5, 5.41) is 6.14. The van der Waals surface area contributed by atoms with Gasteiger partial charge in [0.05, 0.1) is 0 Å². The van der Waals surface area contributed by atoms with Crippen LogP contribution >= 0.6 is 0 Å². The first-order chi connectivity index (χ1) is 8.60. The maximum absolute atomic E-state index is 5.97. The number of benzene rings is 1. The fourth-order valence-corrected chi connectivity index (χ4v) is 1.88. The molecule has 0 atom stereocenters. The highest BCUT2D eigenvalue weighted by Crippen LogP contribution is 2.26. The van der Waals surface area contributed by atoms with Crippen molar-refractivity contribution >= 4 is 23.0 Å². The van der Waals surface area contributed by atoms with Gasteiger partial charge in [0.25, 0.3) is 0 Å². The predicted molar refractivity (Wildman–Crippen MR) is 75.2 cm³/mol. The Balaban J connectivity index is 2.34. The number of aryl methyl sites for hydroxylation is 2. The molecule has 0 saturated heterocycles. The number of anilines is 4. The van der Waals surface area contributed by atoms with Gasteiger partial charge in [-0.2, -0.15) is 0 Å². The fraction of sp³-hybridized carbons (Fsp3) is 0.231. The highest BCUT2D eigenvalue weighted by molar-refractivity contribution is 5.77. The monoisotopic (exact) mass is 243 g/mol. The third kappa shape index (κ3) is 2.51. The van der Waals surface area contributed by atoms with Gasteiger partial charge in [0.15, 0.2) is 11.6 Å². The van der Waals surface area contributed by atoms with E-state index in [2.05, 4.69) is 40.5 Å². The zero-order valence-electron chi connectivity index (χ0n) is 10.8. The van der Waals surface area contributed by atoms with Gasteiger partial charge in [0, 0.05) is 12.7 Å². The Bertz CT molecular complexity index is 545. The maximum atomic E-state index is 5.97. The lowest BCUT2D eigenvalue weighted by molar-refractivity contribution is 1.16. The molecule has 18 heavy (non-hydrogen) atoms. The van der Waals surface area contributed by atoms with Crippen molar-refractivity contribution in [3.05, 3.63) is 35.7 Å². The quantitative estimate of drug-likeness (QED) is 0.772. The molecule has 2 aromatic rings. The van der Waals surface area contributed by atoms with E-state index < -0.39 is 0 Å². The average Bonchev–Trinajstić information content (AvgIpc) is 2.30. The van der Waals surface area contributed by atoms with Crippen LogP contribution in [-0.4, -0.2) is 17.0 Å². The van der Waals surface area contributed by atoms with Gasteiger partial charge >= 0.3 is 0 Å². The Labute approximate surface area is 106 Å². The van der Waals surface area contributed by atoms with E-state index in [1.807, 2.05) is 12.1 Å². The molecule has 0 aliphatic carbocycles. The Kier molecular flexibility index (Phi) is 3.32. The predicted octanol–water partition coefficient (Wildman–Crippen LogP) is 2.46. The minimum atomic E-state index is 0.513. The summed E-state index contributed by atoms with van der Waals surface area (Å²) in [5.41, 5.74) is 9.84. The van der Waals surface area contributed by atoms with E-state index in [4.69, 9.17) is 5.73 Å². The third-order valence-corrected chi connectivity index (χ3v) is 2.61. The number of rotatable bonds is 3. The van der Waals surface area contributed by atoms with Gasteiger partial charge in [-0.05, 0) is 37.1 Å². The molecule has 0 saturated carbocycles. The van der Waals surface area contributed by atoms with Crippen molar-refractivity contribution in [1.29, 1.82) is 0 Å². The molecule has 94 valence electrons. The van der Waals surface area contributed by atoms with Crippen molar-refractivity contribution in [2.75, 3.05) is 23.4 Å². The zero-order valence-corrected chi connectivity index (χ0v) is 10.8. The molecular formula is C13H17N5. The van der Waals surface area contributed by atoms with Gasteiger partial charge < -0.3 is 16.4 Å². The Morgan fingerprint density at radius 1 is 1.00 bits per heavy atom. The number of nitrogens with two attached hydrogens (primary N) is 1. The van der Waals surface area contributed by atoms with Crippen LogP contribution in [0.15, 0.2) is 24.5 Å². The number of nitrogens with one attached hydrogen (secondary N) is 2. The number of aromatic nitrogens is 2. The number of hydrogen-bond acceptors (Lipinski definition) is 5. The normalized spacial score (nSPS) is 10.2. The Morgan fingerprint density at radius 3 is 2.22 bits per heavy atom. The molecule has 0 fully saturated rings. The summed E-state index contributed by atoms with van der Waals surface area (Å²) in [4.78, 5) is 8.20. The molecule has 5 nitrogen and oxygen atoms in total. The van der Waals surface area contributed by atoms with Gasteiger partial charge in [0.2, 0.25) is 0 Å². The van der Waals surface area contributed by atoms with E-state index in [9.17, 15) is 0 Å². The van der Waals surface area contributed by atoms with Crippen LogP contribution in [-0.2, 0) is 0 Å². The molecule has 0 radical (unpaired) electrons. The summed E-state index contributed by atoms with van der Waals surface area (Å²) in [6.07, 6.45) is 1.48.